The van der Waals surface area contributed by atoms with Crippen LogP contribution in [0.1, 0.15) is 20.8 Å². The predicted molar refractivity (Wildman–Crippen MR) is 70.4 cm³/mol. The number of anilines is 1. The Labute approximate surface area is 104 Å². The molecule has 0 aromatic carbocycles. The van der Waals surface area contributed by atoms with E-state index in [-0.39, 0.29) is 10.9 Å². The van der Waals surface area contributed by atoms with Crippen molar-refractivity contribution in [3.05, 3.63) is 17.8 Å². The minimum atomic E-state index is -0.204. The van der Waals surface area contributed by atoms with Gasteiger partial charge in [0.25, 0.3) is 0 Å². The van der Waals surface area contributed by atoms with E-state index in [0.29, 0.717) is 0 Å². The fourth-order valence-electron chi connectivity index (χ4n) is 1.29. The summed E-state index contributed by atoms with van der Waals surface area (Å²) in [5, 5.41) is 6.45. The zero-order chi connectivity index (χ0) is 11.8. The monoisotopic (exact) mass is 255 g/mol. The summed E-state index contributed by atoms with van der Waals surface area (Å²) in [6.07, 6.45) is 1.58. The average Bonchev–Trinajstić information content (AvgIpc) is 2.65. The lowest BCUT2D eigenvalue weighted by molar-refractivity contribution is 0.553. The number of hydrogen-bond donors (Lipinski definition) is 1. The van der Waals surface area contributed by atoms with Crippen LogP contribution in [0.5, 0.6) is 0 Å². The molecule has 5 heteroatoms. The SMILES string of the molecule is CC(Cl)C(C)(C)Nc1ncnc2sccc12. The number of nitrogens with zero attached hydrogens (tertiary/aromatic N) is 2. The first-order valence-electron chi connectivity index (χ1n) is 5.11. The molecule has 0 fully saturated rings. The topological polar surface area (TPSA) is 37.8 Å². The van der Waals surface area contributed by atoms with Crippen molar-refractivity contribution in [2.45, 2.75) is 31.7 Å². The Hall–Kier alpha value is -0.870. The highest BCUT2D eigenvalue weighted by molar-refractivity contribution is 7.16. The third-order valence-electron chi connectivity index (χ3n) is 2.70. The first-order valence-corrected chi connectivity index (χ1v) is 6.43. The van der Waals surface area contributed by atoms with Gasteiger partial charge in [0.05, 0.1) is 10.8 Å². The number of fused-ring (bicyclic) bond motifs is 1. The smallest absolute Gasteiger partial charge is 0.138 e. The van der Waals surface area contributed by atoms with Gasteiger partial charge in [0.1, 0.15) is 17.0 Å². The highest BCUT2D eigenvalue weighted by Crippen LogP contribution is 2.27. The van der Waals surface area contributed by atoms with E-state index in [0.717, 1.165) is 16.0 Å². The van der Waals surface area contributed by atoms with Gasteiger partial charge in [-0.05, 0) is 32.2 Å². The van der Waals surface area contributed by atoms with E-state index >= 15 is 0 Å². The molecule has 0 spiro atoms. The molecule has 0 saturated heterocycles. The van der Waals surface area contributed by atoms with Gasteiger partial charge >= 0.3 is 0 Å². The minimum absolute atomic E-state index is 0.0103. The summed E-state index contributed by atoms with van der Waals surface area (Å²) in [4.78, 5) is 9.48. The number of alkyl halides is 1. The van der Waals surface area contributed by atoms with Gasteiger partial charge < -0.3 is 5.32 Å². The van der Waals surface area contributed by atoms with Gasteiger partial charge in [-0.15, -0.1) is 22.9 Å². The van der Waals surface area contributed by atoms with E-state index < -0.39 is 0 Å². The number of thiophene rings is 1. The first kappa shape index (κ1) is 11.6. The van der Waals surface area contributed by atoms with E-state index in [2.05, 4.69) is 29.1 Å². The Kier molecular flexibility index (Phi) is 3.04. The lowest BCUT2D eigenvalue weighted by Crippen LogP contribution is -2.39. The standard InChI is InChI=1S/C11H14ClN3S/c1-7(12)11(2,3)15-9-8-4-5-16-10(8)14-6-13-9/h4-7H,1-3H3,(H,13,14,15). The van der Waals surface area contributed by atoms with E-state index in [4.69, 9.17) is 11.6 Å². The van der Waals surface area contributed by atoms with Gasteiger partial charge in [0, 0.05) is 5.54 Å². The second-order valence-electron chi connectivity index (χ2n) is 4.32. The molecule has 16 heavy (non-hydrogen) atoms. The molecule has 0 radical (unpaired) electrons. The molecule has 1 atom stereocenters. The maximum atomic E-state index is 6.14. The molecular formula is C11H14ClN3S. The molecule has 2 aromatic heterocycles. The number of nitrogens with one attached hydrogen (secondary N) is 1. The van der Waals surface area contributed by atoms with E-state index in [1.54, 1.807) is 17.7 Å². The second-order valence-corrected chi connectivity index (χ2v) is 5.87. The summed E-state index contributed by atoms with van der Waals surface area (Å²) < 4.78 is 0. The Bertz CT molecular complexity index is 493. The number of rotatable bonds is 3. The van der Waals surface area contributed by atoms with Crippen LogP contribution in [-0.2, 0) is 0 Å². The van der Waals surface area contributed by atoms with E-state index in [1.165, 1.54) is 0 Å². The van der Waals surface area contributed by atoms with Crippen LogP contribution >= 0.6 is 22.9 Å². The van der Waals surface area contributed by atoms with Gasteiger partial charge in [-0.25, -0.2) is 9.97 Å². The summed E-state index contributed by atoms with van der Waals surface area (Å²) in [6.45, 7) is 6.09. The Morgan fingerprint density at radius 2 is 2.19 bits per heavy atom. The van der Waals surface area contributed by atoms with Crippen LogP contribution in [0.4, 0.5) is 5.82 Å². The molecule has 86 valence electrons. The quantitative estimate of drug-likeness (QED) is 0.853. The molecule has 1 N–H and O–H groups in total. The molecule has 0 saturated carbocycles. The highest BCUT2D eigenvalue weighted by atomic mass is 35.5. The highest BCUT2D eigenvalue weighted by Gasteiger charge is 2.25. The lowest BCUT2D eigenvalue weighted by atomic mass is 10.0. The van der Waals surface area contributed by atoms with Gasteiger partial charge in [0.2, 0.25) is 0 Å². The summed E-state index contributed by atoms with van der Waals surface area (Å²) >= 11 is 7.75. The molecule has 3 nitrogen and oxygen atoms in total. The van der Waals surface area contributed by atoms with Crippen LogP contribution in [0.15, 0.2) is 17.8 Å². The Morgan fingerprint density at radius 3 is 2.88 bits per heavy atom. The third-order valence-corrected chi connectivity index (χ3v) is 4.06. The van der Waals surface area contributed by atoms with Crippen molar-refractivity contribution in [3.8, 4) is 0 Å². The van der Waals surface area contributed by atoms with Crippen LogP contribution < -0.4 is 5.32 Å². The van der Waals surface area contributed by atoms with Crippen molar-refractivity contribution in [2.75, 3.05) is 5.32 Å². The fourth-order valence-corrected chi connectivity index (χ4v) is 2.08. The molecule has 0 aliphatic carbocycles. The summed E-state index contributed by atoms with van der Waals surface area (Å²) in [6, 6.07) is 2.03. The van der Waals surface area contributed by atoms with E-state index in [9.17, 15) is 0 Å². The predicted octanol–water partition coefficient (Wildman–Crippen LogP) is 3.51. The molecule has 1 unspecified atom stereocenters. The maximum absolute atomic E-state index is 6.14. The van der Waals surface area contributed by atoms with Crippen LogP contribution in [0, 0.1) is 0 Å². The molecule has 2 rings (SSSR count). The molecule has 2 aromatic rings. The van der Waals surface area contributed by atoms with E-state index in [1.807, 2.05) is 18.4 Å². The Morgan fingerprint density at radius 1 is 1.44 bits per heavy atom. The van der Waals surface area contributed by atoms with Crippen molar-refractivity contribution in [3.63, 3.8) is 0 Å². The summed E-state index contributed by atoms with van der Waals surface area (Å²) in [5.74, 6) is 0.851. The first-order chi connectivity index (χ1) is 7.50. The molecule has 0 aliphatic rings. The van der Waals surface area contributed by atoms with Gasteiger partial charge in [0.15, 0.2) is 0 Å². The van der Waals surface area contributed by atoms with Gasteiger partial charge in [-0.3, -0.25) is 0 Å². The van der Waals surface area contributed by atoms with Gasteiger partial charge in [-0.2, -0.15) is 0 Å². The third kappa shape index (κ3) is 2.13. The second kappa shape index (κ2) is 4.18. The van der Waals surface area contributed by atoms with Crippen molar-refractivity contribution < 1.29 is 0 Å². The normalized spacial score (nSPS) is 14.0. The number of halogens is 1. The maximum Gasteiger partial charge on any atom is 0.138 e. The summed E-state index contributed by atoms with van der Waals surface area (Å²) in [5.41, 5.74) is -0.204. The lowest BCUT2D eigenvalue weighted by Gasteiger charge is -2.29. The van der Waals surface area contributed by atoms with Crippen LogP contribution in [0.2, 0.25) is 0 Å². The van der Waals surface area contributed by atoms with Crippen LogP contribution in [-0.4, -0.2) is 20.9 Å². The number of hydrogen-bond acceptors (Lipinski definition) is 4. The minimum Gasteiger partial charge on any atom is -0.363 e. The molecule has 0 aliphatic heterocycles. The fraction of sp³-hybridized carbons (Fsp3) is 0.455. The van der Waals surface area contributed by atoms with Gasteiger partial charge in [-0.1, -0.05) is 0 Å². The average molecular weight is 256 g/mol. The van der Waals surface area contributed by atoms with Crippen molar-refractivity contribution in [2.24, 2.45) is 0 Å². The molecule has 0 amide bonds. The molecular weight excluding hydrogens is 242 g/mol. The molecule has 0 bridgehead atoms. The molecule has 2 heterocycles. The Balaban J connectivity index is 2.37. The zero-order valence-corrected chi connectivity index (χ0v) is 11.1. The van der Waals surface area contributed by atoms with Crippen molar-refractivity contribution >= 4 is 39.0 Å². The largest absolute Gasteiger partial charge is 0.363 e. The van der Waals surface area contributed by atoms with Crippen molar-refractivity contribution in [1.29, 1.82) is 0 Å². The number of aromatic nitrogens is 2. The van der Waals surface area contributed by atoms with Crippen molar-refractivity contribution in [1.82, 2.24) is 9.97 Å². The zero-order valence-electron chi connectivity index (χ0n) is 9.49. The summed E-state index contributed by atoms with van der Waals surface area (Å²) in [7, 11) is 0. The van der Waals surface area contributed by atoms with Crippen LogP contribution in [0.3, 0.4) is 0 Å². The van der Waals surface area contributed by atoms with Crippen LogP contribution in [0.25, 0.3) is 10.2 Å².